The molecule has 0 saturated heterocycles. The minimum absolute atomic E-state index is 0.0335. The largest absolute Gasteiger partial charge is 0.535 e. The van der Waals surface area contributed by atoms with Crippen LogP contribution in [0.25, 0.3) is 11.3 Å². The minimum atomic E-state index is -1.30. The second-order valence-electron chi connectivity index (χ2n) is 10.0. The summed E-state index contributed by atoms with van der Waals surface area (Å²) in [6.07, 6.45) is 0.359. The van der Waals surface area contributed by atoms with Crippen molar-refractivity contribution < 1.29 is 33.5 Å². The van der Waals surface area contributed by atoms with E-state index < -0.39 is 37.1 Å². The van der Waals surface area contributed by atoms with Crippen LogP contribution in [0.4, 0.5) is 0 Å². The predicted molar refractivity (Wildman–Crippen MR) is 136 cm³/mol. The monoisotopic (exact) mass is 504 g/mol. The molecule has 4 rings (SSSR count). The van der Waals surface area contributed by atoms with Crippen LogP contribution in [0.5, 0.6) is 5.75 Å². The first kappa shape index (κ1) is 26.2. The number of aromatic nitrogens is 2. The molecule has 0 bridgehead atoms. The number of benzene rings is 2. The van der Waals surface area contributed by atoms with Crippen molar-refractivity contribution >= 4 is 24.8 Å². The van der Waals surface area contributed by atoms with E-state index >= 15 is 0 Å². The summed E-state index contributed by atoms with van der Waals surface area (Å²) in [5.41, 5.74) is 2.06. The Morgan fingerprint density at radius 1 is 1.11 bits per heavy atom. The van der Waals surface area contributed by atoms with Crippen LogP contribution in [0.15, 0.2) is 54.6 Å². The fourth-order valence-corrected chi connectivity index (χ4v) is 4.07. The van der Waals surface area contributed by atoms with Crippen LogP contribution >= 0.6 is 0 Å². The van der Waals surface area contributed by atoms with Gasteiger partial charge in [0.2, 0.25) is 6.79 Å². The molecular weight excluding hydrogens is 475 g/mol. The minimum Gasteiger partial charge on any atom is -0.535 e. The van der Waals surface area contributed by atoms with E-state index in [9.17, 15) is 19.4 Å². The Bertz CT molecular complexity index is 1310. The Morgan fingerprint density at radius 3 is 2.54 bits per heavy atom. The number of Topliss-reactive ketones (excluding diaryl/α,β-unsaturated/α-hetero) is 1. The summed E-state index contributed by atoms with van der Waals surface area (Å²) in [6.45, 7) is 4.54. The second kappa shape index (κ2) is 10.6. The molecule has 37 heavy (non-hydrogen) atoms. The van der Waals surface area contributed by atoms with Gasteiger partial charge < -0.3 is 19.2 Å². The highest BCUT2D eigenvalue weighted by Gasteiger charge is 2.38. The molecule has 0 aliphatic carbocycles. The molecule has 9 nitrogen and oxygen atoms in total. The maximum absolute atomic E-state index is 13.1. The third-order valence-electron chi connectivity index (χ3n) is 6.12. The fraction of sp³-hybridized carbons (Fsp3) is 0.333. The molecule has 2 heterocycles. The van der Waals surface area contributed by atoms with Gasteiger partial charge in [0.1, 0.15) is 17.0 Å². The maximum atomic E-state index is 13.1. The number of para-hydroxylation sites is 1. The van der Waals surface area contributed by atoms with Crippen molar-refractivity contribution in [2.75, 3.05) is 6.79 Å². The molecule has 0 spiro atoms. The third-order valence-corrected chi connectivity index (χ3v) is 6.12. The Morgan fingerprint density at radius 2 is 1.84 bits per heavy atom. The van der Waals surface area contributed by atoms with E-state index in [-0.39, 0.29) is 23.5 Å². The molecule has 1 aliphatic rings. The van der Waals surface area contributed by atoms with Gasteiger partial charge in [-0.2, -0.15) is 5.10 Å². The molecule has 1 N–H and O–H groups in total. The number of esters is 2. The van der Waals surface area contributed by atoms with Crippen molar-refractivity contribution in [3.63, 3.8) is 0 Å². The van der Waals surface area contributed by atoms with Gasteiger partial charge in [-0.3, -0.25) is 14.3 Å². The van der Waals surface area contributed by atoms with Crippen LogP contribution in [-0.2, 0) is 27.7 Å². The number of rotatable bonds is 7. The lowest BCUT2D eigenvalue weighted by molar-refractivity contribution is -0.161. The number of ether oxygens (including phenoxy) is 2. The zero-order chi connectivity index (χ0) is 26.7. The lowest BCUT2D eigenvalue weighted by atomic mass is 9.64. The molecule has 0 saturated carbocycles. The standard InChI is InChI=1S/C27H29BN2O7/c1-27(2,3)26(33)36-16-35-25(32)20-12-8-11-18-13-19(28(34)37-24(18)20)14-23(31)22-15-21(29-30(22)4)17-9-6-5-7-10-17/h5-12,15,19,34H,13-14,16H2,1-4H3/t19-/m1/s1. The van der Waals surface area contributed by atoms with E-state index in [0.29, 0.717) is 23.4 Å². The highest BCUT2D eigenvalue weighted by molar-refractivity contribution is 6.47. The first-order chi connectivity index (χ1) is 17.5. The Labute approximate surface area is 215 Å². The van der Waals surface area contributed by atoms with Crippen LogP contribution < -0.4 is 4.65 Å². The number of fused-ring (bicyclic) bond motifs is 1. The van der Waals surface area contributed by atoms with Crippen LogP contribution in [0.1, 0.15) is 53.6 Å². The van der Waals surface area contributed by atoms with Gasteiger partial charge in [0.15, 0.2) is 5.78 Å². The summed E-state index contributed by atoms with van der Waals surface area (Å²) < 4.78 is 17.3. The summed E-state index contributed by atoms with van der Waals surface area (Å²) in [4.78, 5) is 37.6. The number of hydrogen-bond donors (Lipinski definition) is 1. The molecule has 1 aromatic heterocycles. The summed E-state index contributed by atoms with van der Waals surface area (Å²) >= 11 is 0. The summed E-state index contributed by atoms with van der Waals surface area (Å²) in [5, 5.41) is 15.1. The van der Waals surface area contributed by atoms with Crippen molar-refractivity contribution in [1.29, 1.82) is 0 Å². The molecule has 3 aromatic rings. The van der Waals surface area contributed by atoms with Crippen LogP contribution in [0, 0.1) is 5.41 Å². The molecule has 0 unspecified atom stereocenters. The maximum Gasteiger partial charge on any atom is 0.526 e. The number of carbonyl (C=O) groups is 3. The SMILES string of the molecule is Cn1nc(-c2ccccc2)cc1C(=O)C[C@H]1Cc2cccc(C(=O)OCOC(=O)C(C)(C)C)c2OB1O. The van der Waals surface area contributed by atoms with Gasteiger partial charge in [-0.25, -0.2) is 4.79 Å². The van der Waals surface area contributed by atoms with Gasteiger partial charge in [0.05, 0.1) is 11.1 Å². The molecule has 0 radical (unpaired) electrons. The molecule has 1 atom stereocenters. The zero-order valence-electron chi connectivity index (χ0n) is 21.3. The van der Waals surface area contributed by atoms with Crippen molar-refractivity contribution in [3.8, 4) is 17.0 Å². The average Bonchev–Trinajstić information content (AvgIpc) is 3.25. The van der Waals surface area contributed by atoms with Gasteiger partial charge >= 0.3 is 19.1 Å². The summed E-state index contributed by atoms with van der Waals surface area (Å²) in [5.74, 6) is -1.75. The fourth-order valence-electron chi connectivity index (χ4n) is 4.07. The number of carbonyl (C=O) groups excluding carboxylic acids is 3. The van der Waals surface area contributed by atoms with Crippen LogP contribution in [0.2, 0.25) is 5.82 Å². The lowest BCUT2D eigenvalue weighted by Crippen LogP contribution is -2.36. The average molecular weight is 504 g/mol. The van der Waals surface area contributed by atoms with E-state index in [4.69, 9.17) is 14.1 Å². The van der Waals surface area contributed by atoms with E-state index in [0.717, 1.165) is 5.56 Å². The van der Waals surface area contributed by atoms with Crippen molar-refractivity contribution in [1.82, 2.24) is 9.78 Å². The molecule has 0 amide bonds. The zero-order valence-corrected chi connectivity index (χ0v) is 21.3. The van der Waals surface area contributed by atoms with Crippen molar-refractivity contribution in [3.05, 3.63) is 71.4 Å². The quantitative estimate of drug-likeness (QED) is 0.223. The van der Waals surface area contributed by atoms with Crippen LogP contribution in [0.3, 0.4) is 0 Å². The first-order valence-electron chi connectivity index (χ1n) is 12.0. The Balaban J connectivity index is 1.43. The highest BCUT2D eigenvalue weighted by Crippen LogP contribution is 2.37. The predicted octanol–water partition coefficient (Wildman–Crippen LogP) is 3.85. The van der Waals surface area contributed by atoms with Gasteiger partial charge in [-0.15, -0.1) is 0 Å². The Kier molecular flexibility index (Phi) is 7.49. The van der Waals surface area contributed by atoms with E-state index in [1.165, 1.54) is 10.7 Å². The molecule has 1 aliphatic heterocycles. The summed E-state index contributed by atoms with van der Waals surface area (Å²) in [6, 6.07) is 16.2. The number of aryl methyl sites for hydroxylation is 1. The van der Waals surface area contributed by atoms with E-state index in [1.54, 1.807) is 46.0 Å². The van der Waals surface area contributed by atoms with Gasteiger partial charge in [-0.1, -0.05) is 42.5 Å². The van der Waals surface area contributed by atoms with Crippen LogP contribution in [-0.4, -0.2) is 46.4 Å². The van der Waals surface area contributed by atoms with Crippen molar-refractivity contribution in [2.45, 2.75) is 39.4 Å². The number of hydrogen-bond acceptors (Lipinski definition) is 8. The van der Waals surface area contributed by atoms with Crippen molar-refractivity contribution in [2.24, 2.45) is 12.5 Å². The molecule has 2 aromatic carbocycles. The summed E-state index contributed by atoms with van der Waals surface area (Å²) in [7, 11) is 0.408. The molecule has 192 valence electrons. The molecule has 0 fully saturated rings. The lowest BCUT2D eigenvalue weighted by Gasteiger charge is -2.28. The van der Waals surface area contributed by atoms with E-state index in [1.807, 2.05) is 30.3 Å². The topological polar surface area (TPSA) is 117 Å². The number of ketones is 1. The van der Waals surface area contributed by atoms with E-state index in [2.05, 4.69) is 5.10 Å². The third kappa shape index (κ3) is 5.91. The first-order valence-corrected chi connectivity index (χ1v) is 12.0. The normalized spacial score (nSPS) is 14.9. The smallest absolute Gasteiger partial charge is 0.526 e. The molecular formula is C27H29BN2O7. The second-order valence-corrected chi connectivity index (χ2v) is 10.0. The van der Waals surface area contributed by atoms with Gasteiger partial charge in [0.25, 0.3) is 0 Å². The van der Waals surface area contributed by atoms with Gasteiger partial charge in [0, 0.05) is 24.8 Å². The Hall–Kier alpha value is -3.92. The molecule has 10 heteroatoms. The highest BCUT2D eigenvalue weighted by atomic mass is 16.7. The number of nitrogens with zero attached hydrogens (tertiary/aromatic N) is 2. The van der Waals surface area contributed by atoms with Gasteiger partial charge in [-0.05, 0) is 44.9 Å².